The molecule has 0 saturated carbocycles. The number of urea groups is 1. The van der Waals surface area contributed by atoms with E-state index in [1.807, 2.05) is 10.6 Å². The Kier molecular flexibility index (Phi) is 5.31. The van der Waals surface area contributed by atoms with Gasteiger partial charge < -0.3 is 19.9 Å². The van der Waals surface area contributed by atoms with E-state index in [1.54, 1.807) is 0 Å². The number of carboxylic acids is 1. The van der Waals surface area contributed by atoms with Gasteiger partial charge >= 0.3 is 18.2 Å². The number of carboxylic acid groups (broad SMARTS) is 1. The molecule has 0 bridgehead atoms. The number of fused-ring (bicyclic) bond motifs is 1. The number of alkyl halides is 3. The lowest BCUT2D eigenvalue weighted by Gasteiger charge is -2.18. The van der Waals surface area contributed by atoms with Crippen LogP contribution in [-0.2, 0) is 6.18 Å². The molecule has 0 saturated heterocycles. The summed E-state index contributed by atoms with van der Waals surface area (Å²) >= 11 is 0. The van der Waals surface area contributed by atoms with Crippen molar-refractivity contribution in [3.63, 3.8) is 0 Å². The van der Waals surface area contributed by atoms with Gasteiger partial charge in [0.05, 0.1) is 11.1 Å². The van der Waals surface area contributed by atoms with Crippen LogP contribution in [0.4, 0.5) is 23.7 Å². The third kappa shape index (κ3) is 4.75. The smallest absolute Gasteiger partial charge is 0.416 e. The highest BCUT2D eigenvalue weighted by molar-refractivity contribution is 6.08. The first kappa shape index (κ1) is 20.0. The predicted octanol–water partition coefficient (Wildman–Crippen LogP) is 3.14. The van der Waals surface area contributed by atoms with Crippen molar-refractivity contribution in [3.05, 3.63) is 53.1 Å². The maximum absolute atomic E-state index is 12.9. The summed E-state index contributed by atoms with van der Waals surface area (Å²) in [6, 6.07) is 4.90. The normalized spacial score (nSPS) is 12.8. The van der Waals surface area contributed by atoms with Gasteiger partial charge in [-0.05, 0) is 36.4 Å². The molecule has 3 N–H and O–H groups in total. The molecule has 0 unspecified atom stereocenters. The molecule has 3 rings (SSSR count). The molecule has 0 fully saturated rings. The summed E-state index contributed by atoms with van der Waals surface area (Å²) in [5, 5.41) is 12.9. The fourth-order valence-electron chi connectivity index (χ4n) is 2.51. The topological polar surface area (TPSA) is 114 Å². The summed E-state index contributed by atoms with van der Waals surface area (Å²) in [5.41, 5.74) is -2.32. The maximum Gasteiger partial charge on any atom is 0.416 e. The lowest BCUT2D eigenvalue weighted by molar-refractivity contribution is -0.137. The molecule has 1 aliphatic rings. The summed E-state index contributed by atoms with van der Waals surface area (Å²) in [4.78, 5) is 35.2. The van der Waals surface area contributed by atoms with Gasteiger partial charge in [0, 0.05) is 11.3 Å². The number of ether oxygens (including phenoxy) is 2. The third-order valence-electron chi connectivity index (χ3n) is 3.80. The molecule has 0 aromatic heterocycles. The Bertz CT molecular complexity index is 990. The molecule has 2 aromatic carbocycles. The number of nitrogens with one attached hydrogen (secondary N) is 2. The Hall–Kier alpha value is -3.76. The first-order valence-electron chi connectivity index (χ1n) is 8.11. The largest absolute Gasteiger partial charge is 0.486 e. The first-order chi connectivity index (χ1) is 13.6. The van der Waals surface area contributed by atoms with Crippen LogP contribution in [0.2, 0.25) is 0 Å². The van der Waals surface area contributed by atoms with Crippen LogP contribution in [0.25, 0.3) is 0 Å². The van der Waals surface area contributed by atoms with E-state index in [0.717, 1.165) is 6.07 Å². The number of hydrogen-bond acceptors (Lipinski definition) is 5. The zero-order valence-electron chi connectivity index (χ0n) is 14.5. The van der Waals surface area contributed by atoms with Gasteiger partial charge in [-0.2, -0.15) is 13.2 Å². The van der Waals surface area contributed by atoms with Gasteiger partial charge in [0.25, 0.3) is 5.91 Å². The van der Waals surface area contributed by atoms with Gasteiger partial charge in [-0.15, -0.1) is 0 Å². The Morgan fingerprint density at radius 3 is 2.28 bits per heavy atom. The maximum atomic E-state index is 12.9. The van der Waals surface area contributed by atoms with Crippen molar-refractivity contribution in [2.24, 2.45) is 0 Å². The van der Waals surface area contributed by atoms with E-state index in [2.05, 4.69) is 0 Å². The van der Waals surface area contributed by atoms with Crippen molar-refractivity contribution in [3.8, 4) is 11.5 Å². The van der Waals surface area contributed by atoms with E-state index >= 15 is 0 Å². The standard InChI is InChI=1S/C18H13F3N2O6/c19-18(20,21)11-5-10(16(25)26)6-12(8-11)22-17(27)23-15(24)9-1-2-13-14(7-9)29-4-3-28-13/h1-2,5-8H,3-4H2,(H,25,26)(H2,22,23,24,27). The number of benzene rings is 2. The van der Waals surface area contributed by atoms with Crippen LogP contribution in [0.5, 0.6) is 11.5 Å². The van der Waals surface area contributed by atoms with Crippen LogP contribution in [0, 0.1) is 0 Å². The van der Waals surface area contributed by atoms with Crippen molar-refractivity contribution >= 4 is 23.6 Å². The first-order valence-corrected chi connectivity index (χ1v) is 8.11. The highest BCUT2D eigenvalue weighted by atomic mass is 19.4. The van der Waals surface area contributed by atoms with E-state index in [4.69, 9.17) is 14.6 Å². The Balaban J connectivity index is 1.74. The van der Waals surface area contributed by atoms with Gasteiger partial charge in [-0.25, -0.2) is 9.59 Å². The number of imide groups is 1. The van der Waals surface area contributed by atoms with Gasteiger partial charge in [0.1, 0.15) is 13.2 Å². The van der Waals surface area contributed by atoms with Gasteiger partial charge in [0.15, 0.2) is 11.5 Å². The number of carbonyl (C=O) groups is 3. The second kappa shape index (κ2) is 7.70. The number of amides is 3. The molecule has 2 aromatic rings. The molecule has 0 atom stereocenters. The highest BCUT2D eigenvalue weighted by Gasteiger charge is 2.32. The van der Waals surface area contributed by atoms with Crippen LogP contribution in [0.3, 0.4) is 0 Å². The van der Waals surface area contributed by atoms with Crippen LogP contribution in [-0.4, -0.2) is 36.2 Å². The molecule has 29 heavy (non-hydrogen) atoms. The van der Waals surface area contributed by atoms with Crippen molar-refractivity contribution in [1.29, 1.82) is 0 Å². The van der Waals surface area contributed by atoms with Crippen LogP contribution >= 0.6 is 0 Å². The van der Waals surface area contributed by atoms with E-state index < -0.39 is 40.9 Å². The van der Waals surface area contributed by atoms with E-state index in [-0.39, 0.29) is 5.56 Å². The van der Waals surface area contributed by atoms with Crippen molar-refractivity contribution in [2.75, 3.05) is 18.5 Å². The zero-order chi connectivity index (χ0) is 21.2. The minimum absolute atomic E-state index is 0.0552. The summed E-state index contributed by atoms with van der Waals surface area (Å²) in [6.45, 7) is 0.649. The highest BCUT2D eigenvalue weighted by Crippen LogP contribution is 2.32. The summed E-state index contributed by atoms with van der Waals surface area (Å²) in [7, 11) is 0. The van der Waals surface area contributed by atoms with E-state index in [0.29, 0.717) is 36.8 Å². The second-order valence-electron chi connectivity index (χ2n) is 5.87. The molecule has 8 nitrogen and oxygen atoms in total. The van der Waals surface area contributed by atoms with E-state index in [1.165, 1.54) is 18.2 Å². The Morgan fingerprint density at radius 1 is 0.931 bits per heavy atom. The Labute approximate surface area is 161 Å². The molecule has 11 heteroatoms. The number of halogens is 3. The number of carbonyl (C=O) groups excluding carboxylic acids is 2. The van der Waals surface area contributed by atoms with E-state index in [9.17, 15) is 27.6 Å². The van der Waals surface area contributed by atoms with Gasteiger partial charge in [0.2, 0.25) is 0 Å². The SMILES string of the molecule is O=C(NC(=O)c1ccc2c(c1)OCCO2)Nc1cc(C(=O)O)cc(C(F)(F)F)c1. The molecular weight excluding hydrogens is 397 g/mol. The van der Waals surface area contributed by atoms with Crippen LogP contribution in [0.1, 0.15) is 26.3 Å². The fourth-order valence-corrected chi connectivity index (χ4v) is 2.51. The summed E-state index contributed by atoms with van der Waals surface area (Å²) in [6.07, 6.45) is -4.82. The fraction of sp³-hybridized carbons (Fsp3) is 0.167. The monoisotopic (exact) mass is 410 g/mol. The summed E-state index contributed by atoms with van der Waals surface area (Å²) in [5.74, 6) is -1.70. The van der Waals surface area contributed by atoms with Crippen molar-refractivity contribution in [2.45, 2.75) is 6.18 Å². The minimum atomic E-state index is -4.82. The second-order valence-corrected chi connectivity index (χ2v) is 5.87. The lowest BCUT2D eigenvalue weighted by Crippen LogP contribution is -2.34. The van der Waals surface area contributed by atoms with Crippen LogP contribution < -0.4 is 20.1 Å². The van der Waals surface area contributed by atoms with Gasteiger partial charge in [-0.1, -0.05) is 0 Å². The molecule has 3 amide bonds. The average molecular weight is 410 g/mol. The summed E-state index contributed by atoms with van der Waals surface area (Å²) < 4.78 is 49.4. The Morgan fingerprint density at radius 2 is 1.62 bits per heavy atom. The number of aromatic carboxylic acids is 1. The number of rotatable bonds is 3. The van der Waals surface area contributed by atoms with Crippen LogP contribution in [0.15, 0.2) is 36.4 Å². The molecule has 0 spiro atoms. The van der Waals surface area contributed by atoms with Crippen molar-refractivity contribution in [1.82, 2.24) is 5.32 Å². The molecule has 1 heterocycles. The number of hydrogen-bond donors (Lipinski definition) is 3. The zero-order valence-corrected chi connectivity index (χ0v) is 14.5. The third-order valence-corrected chi connectivity index (χ3v) is 3.80. The molecular formula is C18H13F3N2O6. The molecule has 152 valence electrons. The molecule has 0 aliphatic carbocycles. The number of anilines is 1. The average Bonchev–Trinajstić information content (AvgIpc) is 2.66. The van der Waals surface area contributed by atoms with Gasteiger partial charge in [-0.3, -0.25) is 10.1 Å². The quantitative estimate of drug-likeness (QED) is 0.717. The minimum Gasteiger partial charge on any atom is -0.486 e. The molecule has 1 aliphatic heterocycles. The predicted molar refractivity (Wildman–Crippen MR) is 92.3 cm³/mol. The molecule has 0 radical (unpaired) electrons. The van der Waals surface area contributed by atoms with Crippen molar-refractivity contribution < 1.29 is 42.1 Å². The lowest BCUT2D eigenvalue weighted by atomic mass is 10.1.